The molecular formula is C22H27N3O. The zero-order valence-electron chi connectivity index (χ0n) is 16.3. The summed E-state index contributed by atoms with van der Waals surface area (Å²) >= 11 is 0. The summed E-state index contributed by atoms with van der Waals surface area (Å²) in [5.74, 6) is 0. The van der Waals surface area contributed by atoms with E-state index in [2.05, 4.69) is 29.8 Å². The maximum atomic E-state index is 11.7. The number of carbonyl (C=O) groups excluding carboxylic acids is 1. The first kappa shape index (κ1) is 19.6. The zero-order chi connectivity index (χ0) is 19.2. The summed E-state index contributed by atoms with van der Waals surface area (Å²) in [5, 5.41) is 0. The average Bonchev–Trinajstić information content (AvgIpc) is 2.62. The number of nitrogens with zero attached hydrogens (tertiary/aromatic N) is 3. The van der Waals surface area contributed by atoms with Crippen molar-refractivity contribution in [3.05, 3.63) is 53.6 Å². The molecule has 26 heavy (non-hydrogen) atoms. The maximum Gasteiger partial charge on any atom is 0.218 e. The van der Waals surface area contributed by atoms with Gasteiger partial charge in [0.15, 0.2) is 0 Å². The van der Waals surface area contributed by atoms with E-state index >= 15 is 0 Å². The fourth-order valence-electron chi connectivity index (χ4n) is 2.65. The second-order valence-electron chi connectivity index (χ2n) is 7.13. The van der Waals surface area contributed by atoms with Gasteiger partial charge in [-0.25, -0.2) is 4.99 Å². The van der Waals surface area contributed by atoms with E-state index in [-0.39, 0.29) is 5.54 Å². The van der Waals surface area contributed by atoms with E-state index in [9.17, 15) is 4.79 Å². The molecule has 0 saturated carbocycles. The molecule has 2 aromatic carbocycles. The number of anilines is 2. The molecule has 1 amide bonds. The molecule has 0 radical (unpaired) electrons. The Kier molecular flexibility index (Phi) is 6.48. The third kappa shape index (κ3) is 4.90. The van der Waals surface area contributed by atoms with Crippen LogP contribution in [0.5, 0.6) is 0 Å². The summed E-state index contributed by atoms with van der Waals surface area (Å²) in [4.78, 5) is 22.3. The molecule has 0 atom stereocenters. The Balaban J connectivity index is 2.55. The van der Waals surface area contributed by atoms with Crippen LogP contribution >= 0.6 is 0 Å². The van der Waals surface area contributed by atoms with Crippen molar-refractivity contribution in [2.24, 2.45) is 9.98 Å². The molecule has 0 unspecified atom stereocenters. The summed E-state index contributed by atoms with van der Waals surface area (Å²) in [7, 11) is 0. The van der Waals surface area contributed by atoms with Crippen LogP contribution in [-0.2, 0) is 17.6 Å². The number of amides is 1. The van der Waals surface area contributed by atoms with Gasteiger partial charge in [0.2, 0.25) is 6.41 Å². The summed E-state index contributed by atoms with van der Waals surface area (Å²) in [6.45, 7) is 10.2. The fourth-order valence-corrected chi connectivity index (χ4v) is 2.65. The Morgan fingerprint density at radius 2 is 1.58 bits per heavy atom. The molecule has 0 bridgehead atoms. The predicted molar refractivity (Wildman–Crippen MR) is 109 cm³/mol. The van der Waals surface area contributed by atoms with Gasteiger partial charge in [0, 0.05) is 11.4 Å². The Bertz CT molecular complexity index is 788. The molecule has 136 valence electrons. The number of para-hydroxylation sites is 1. The molecule has 4 heteroatoms. The number of carbonyl (C=O) groups is 1. The van der Waals surface area contributed by atoms with E-state index in [1.165, 1.54) is 0 Å². The van der Waals surface area contributed by atoms with Gasteiger partial charge in [0.05, 0.1) is 17.2 Å². The molecular weight excluding hydrogens is 322 g/mol. The summed E-state index contributed by atoms with van der Waals surface area (Å²) in [6.07, 6.45) is 2.49. The number of aliphatic imine (C=N–C) groups is 2. The Labute approximate surface area is 156 Å². The van der Waals surface area contributed by atoms with Gasteiger partial charge >= 0.3 is 0 Å². The van der Waals surface area contributed by atoms with Gasteiger partial charge < -0.3 is 0 Å². The standard InChI is InChI=1S/C22H27N3O/c1-6-17-13-20(25(16-26)19-11-9-8-10-12-19)14-18(7-2)21(17)23-15-24-22(3,4)5/h8-14,16H,6-7H2,1-5H3. The van der Waals surface area contributed by atoms with E-state index in [0.29, 0.717) is 0 Å². The van der Waals surface area contributed by atoms with Crippen LogP contribution in [0, 0.1) is 0 Å². The van der Waals surface area contributed by atoms with Crippen LogP contribution in [0.25, 0.3) is 0 Å². The number of benzene rings is 2. The highest BCUT2D eigenvalue weighted by Crippen LogP contribution is 2.33. The van der Waals surface area contributed by atoms with Crippen molar-refractivity contribution >= 4 is 29.5 Å². The number of hydrogen-bond acceptors (Lipinski definition) is 3. The topological polar surface area (TPSA) is 45.0 Å². The number of hydrogen-bond donors (Lipinski definition) is 0. The third-order valence-corrected chi connectivity index (χ3v) is 3.98. The van der Waals surface area contributed by atoms with Crippen molar-refractivity contribution in [2.45, 2.75) is 53.0 Å². The van der Waals surface area contributed by atoms with Crippen LogP contribution in [0.3, 0.4) is 0 Å². The van der Waals surface area contributed by atoms with Crippen molar-refractivity contribution in [3.8, 4) is 0 Å². The number of rotatable bonds is 6. The van der Waals surface area contributed by atoms with E-state index in [1.54, 1.807) is 4.90 Å². The van der Waals surface area contributed by atoms with E-state index in [4.69, 9.17) is 0 Å². The van der Waals surface area contributed by atoms with Crippen LogP contribution in [0.4, 0.5) is 17.1 Å². The molecule has 0 saturated heterocycles. The molecule has 0 fully saturated rings. The van der Waals surface area contributed by atoms with Crippen LogP contribution in [0.2, 0.25) is 0 Å². The first-order chi connectivity index (χ1) is 12.4. The SMILES string of the molecule is CCc1cc(N(C=O)c2ccccc2)cc(CC)c1N=C=NC(C)(C)C. The highest BCUT2D eigenvalue weighted by atomic mass is 16.1. The van der Waals surface area contributed by atoms with Gasteiger partial charge in [0.25, 0.3) is 0 Å². The molecule has 0 aliphatic heterocycles. The lowest BCUT2D eigenvalue weighted by atomic mass is 10.0. The zero-order valence-corrected chi connectivity index (χ0v) is 16.3. The lowest BCUT2D eigenvalue weighted by molar-refractivity contribution is -0.106. The molecule has 0 aliphatic carbocycles. The smallest absolute Gasteiger partial charge is 0.218 e. The van der Waals surface area contributed by atoms with E-state index in [0.717, 1.165) is 47.4 Å². The molecule has 0 aromatic heterocycles. The van der Waals surface area contributed by atoms with Crippen LogP contribution < -0.4 is 4.90 Å². The first-order valence-corrected chi connectivity index (χ1v) is 9.02. The van der Waals surface area contributed by atoms with Gasteiger partial charge in [0.1, 0.15) is 0 Å². The van der Waals surface area contributed by atoms with Gasteiger partial charge in [-0.2, -0.15) is 4.99 Å². The van der Waals surface area contributed by atoms with Crippen LogP contribution in [0.15, 0.2) is 52.4 Å². The minimum Gasteiger partial charge on any atom is -0.284 e. The van der Waals surface area contributed by atoms with Gasteiger partial charge in [-0.1, -0.05) is 32.0 Å². The Hall–Kier alpha value is -2.71. The quantitative estimate of drug-likeness (QED) is 0.486. The molecule has 0 aliphatic rings. The summed E-state index contributed by atoms with van der Waals surface area (Å²) in [5.41, 5.74) is 4.57. The maximum absolute atomic E-state index is 11.7. The minimum absolute atomic E-state index is 0.205. The van der Waals surface area contributed by atoms with E-state index < -0.39 is 0 Å². The molecule has 0 spiro atoms. The van der Waals surface area contributed by atoms with Crippen LogP contribution in [0.1, 0.15) is 45.7 Å². The van der Waals surface area contributed by atoms with Gasteiger partial charge in [-0.05, 0) is 69.0 Å². The molecule has 2 aromatic rings. The highest BCUT2D eigenvalue weighted by molar-refractivity contribution is 5.87. The second kappa shape index (κ2) is 8.59. The lowest BCUT2D eigenvalue weighted by Crippen LogP contribution is -2.14. The van der Waals surface area contributed by atoms with Gasteiger partial charge in [-0.15, -0.1) is 0 Å². The van der Waals surface area contributed by atoms with E-state index in [1.807, 2.05) is 63.2 Å². The van der Waals surface area contributed by atoms with Crippen molar-refractivity contribution < 1.29 is 4.79 Å². The molecule has 0 N–H and O–H groups in total. The lowest BCUT2D eigenvalue weighted by Gasteiger charge is -2.20. The fraction of sp³-hybridized carbons (Fsp3) is 0.364. The van der Waals surface area contributed by atoms with Crippen LogP contribution in [-0.4, -0.2) is 18.0 Å². The first-order valence-electron chi connectivity index (χ1n) is 9.02. The summed E-state index contributed by atoms with van der Waals surface area (Å²) in [6, 6.07) is 16.5. The number of aryl methyl sites for hydroxylation is 2. The average molecular weight is 349 g/mol. The normalized spacial score (nSPS) is 10.8. The largest absolute Gasteiger partial charge is 0.284 e. The van der Waals surface area contributed by atoms with Crippen molar-refractivity contribution in [3.63, 3.8) is 0 Å². The minimum atomic E-state index is -0.205. The Morgan fingerprint density at radius 1 is 1.00 bits per heavy atom. The third-order valence-electron chi connectivity index (χ3n) is 3.98. The summed E-state index contributed by atoms with van der Waals surface area (Å²) < 4.78 is 0. The molecule has 0 heterocycles. The van der Waals surface area contributed by atoms with Crippen molar-refractivity contribution in [1.29, 1.82) is 0 Å². The van der Waals surface area contributed by atoms with Crippen molar-refractivity contribution in [2.75, 3.05) is 4.90 Å². The second-order valence-corrected chi connectivity index (χ2v) is 7.13. The Morgan fingerprint density at radius 3 is 2.04 bits per heavy atom. The monoisotopic (exact) mass is 349 g/mol. The molecule has 4 nitrogen and oxygen atoms in total. The van der Waals surface area contributed by atoms with Crippen molar-refractivity contribution in [1.82, 2.24) is 0 Å². The predicted octanol–water partition coefficient (Wildman–Crippen LogP) is 5.71. The molecule has 2 rings (SSSR count). The highest BCUT2D eigenvalue weighted by Gasteiger charge is 2.14. The van der Waals surface area contributed by atoms with Gasteiger partial charge in [-0.3, -0.25) is 9.69 Å².